The van der Waals surface area contributed by atoms with E-state index in [4.69, 9.17) is 20.8 Å². The largest absolute Gasteiger partial charge is 0.467 e. The molecule has 1 aromatic carbocycles. The maximum absolute atomic E-state index is 12.6. The van der Waals surface area contributed by atoms with Gasteiger partial charge in [-0.1, -0.05) is 11.6 Å². The Labute approximate surface area is 174 Å². The van der Waals surface area contributed by atoms with Crippen molar-refractivity contribution in [3.05, 3.63) is 52.9 Å². The number of sulfonamides is 1. The van der Waals surface area contributed by atoms with Gasteiger partial charge in [-0.15, -0.1) is 0 Å². The fourth-order valence-corrected chi connectivity index (χ4v) is 4.25. The Morgan fingerprint density at radius 2 is 1.93 bits per heavy atom. The van der Waals surface area contributed by atoms with Crippen LogP contribution in [0.4, 0.5) is 0 Å². The van der Waals surface area contributed by atoms with Crippen LogP contribution in [0, 0.1) is 0 Å². The van der Waals surface area contributed by atoms with E-state index in [9.17, 15) is 18.0 Å². The Balaban J connectivity index is 2.09. The summed E-state index contributed by atoms with van der Waals surface area (Å²) in [6.45, 7) is 6.60. The molecule has 1 unspecified atom stereocenters. The van der Waals surface area contributed by atoms with Gasteiger partial charge in [-0.2, -0.15) is 0 Å². The van der Waals surface area contributed by atoms with Crippen molar-refractivity contribution in [2.45, 2.75) is 50.8 Å². The van der Waals surface area contributed by atoms with E-state index in [1.54, 1.807) is 32.9 Å². The lowest BCUT2D eigenvalue weighted by molar-refractivity contribution is -0.129. The van der Waals surface area contributed by atoms with E-state index in [-0.39, 0.29) is 22.0 Å². The quantitative estimate of drug-likeness (QED) is 0.637. The van der Waals surface area contributed by atoms with Crippen molar-refractivity contribution in [1.82, 2.24) is 10.0 Å². The van der Waals surface area contributed by atoms with Gasteiger partial charge in [-0.3, -0.25) is 4.79 Å². The van der Waals surface area contributed by atoms with Gasteiger partial charge in [-0.05, 0) is 58.0 Å². The molecule has 0 aliphatic carbocycles. The molecule has 1 heterocycles. The van der Waals surface area contributed by atoms with Crippen LogP contribution in [0.15, 0.2) is 45.9 Å². The van der Waals surface area contributed by atoms with Crippen molar-refractivity contribution in [1.29, 1.82) is 0 Å². The van der Waals surface area contributed by atoms with E-state index in [1.165, 1.54) is 25.3 Å². The fraction of sp³-hybridized carbons (Fsp3) is 0.368. The van der Waals surface area contributed by atoms with Gasteiger partial charge < -0.3 is 14.5 Å². The second-order valence-corrected chi connectivity index (χ2v) is 9.40. The minimum absolute atomic E-state index is 0.0393. The van der Waals surface area contributed by atoms with E-state index >= 15 is 0 Å². The number of esters is 1. The lowest BCUT2D eigenvalue weighted by Crippen LogP contribution is -2.40. The maximum atomic E-state index is 12.6. The molecule has 29 heavy (non-hydrogen) atoms. The number of ether oxygens (including phenoxy) is 1. The smallest absolute Gasteiger partial charge is 0.338 e. The molecular formula is C19H23ClN2O6S. The van der Waals surface area contributed by atoms with Gasteiger partial charge in [0.15, 0.2) is 6.10 Å². The van der Waals surface area contributed by atoms with Crippen LogP contribution in [0.25, 0.3) is 0 Å². The van der Waals surface area contributed by atoms with Gasteiger partial charge in [0.05, 0.1) is 23.4 Å². The highest BCUT2D eigenvalue weighted by molar-refractivity contribution is 7.89. The van der Waals surface area contributed by atoms with E-state index in [0.717, 1.165) is 6.07 Å². The first-order chi connectivity index (χ1) is 13.4. The number of benzene rings is 1. The second-order valence-electron chi connectivity index (χ2n) is 7.35. The summed E-state index contributed by atoms with van der Waals surface area (Å²) >= 11 is 6.02. The molecule has 0 fully saturated rings. The average Bonchev–Trinajstić information content (AvgIpc) is 3.11. The minimum Gasteiger partial charge on any atom is -0.467 e. The molecule has 0 saturated heterocycles. The second kappa shape index (κ2) is 8.98. The van der Waals surface area contributed by atoms with Crippen molar-refractivity contribution >= 4 is 33.5 Å². The number of nitrogens with one attached hydrogen (secondary N) is 2. The van der Waals surface area contributed by atoms with Crippen LogP contribution in [-0.2, 0) is 26.1 Å². The van der Waals surface area contributed by atoms with Gasteiger partial charge in [0, 0.05) is 5.54 Å². The predicted molar refractivity (Wildman–Crippen MR) is 107 cm³/mol. The Morgan fingerprint density at radius 3 is 2.52 bits per heavy atom. The number of carbonyl (C=O) groups is 2. The monoisotopic (exact) mass is 442 g/mol. The third-order valence-corrected chi connectivity index (χ3v) is 5.81. The third kappa shape index (κ3) is 6.59. The SMILES string of the molecule is CC(OC(=O)c1ccc(Cl)c(S(=O)(=O)NC(C)(C)C)c1)C(=O)NCc1ccco1. The van der Waals surface area contributed by atoms with Crippen LogP contribution in [0.5, 0.6) is 0 Å². The minimum atomic E-state index is -3.96. The molecule has 0 aliphatic heterocycles. The first-order valence-corrected chi connectivity index (χ1v) is 10.6. The van der Waals surface area contributed by atoms with E-state index < -0.39 is 33.5 Å². The third-order valence-electron chi connectivity index (χ3n) is 3.57. The summed E-state index contributed by atoms with van der Waals surface area (Å²) in [6.07, 6.45) is 0.381. The first-order valence-electron chi connectivity index (χ1n) is 8.73. The zero-order chi connectivity index (χ0) is 21.8. The highest BCUT2D eigenvalue weighted by atomic mass is 35.5. The summed E-state index contributed by atoms with van der Waals surface area (Å²) in [5.74, 6) is -0.823. The molecule has 10 heteroatoms. The van der Waals surface area contributed by atoms with Crippen molar-refractivity contribution in [2.75, 3.05) is 0 Å². The summed E-state index contributed by atoms with van der Waals surface area (Å²) in [5.41, 5.74) is -0.784. The molecule has 0 spiro atoms. The van der Waals surface area contributed by atoms with Gasteiger partial charge in [0.25, 0.3) is 5.91 Å². The Kier molecular flexibility index (Phi) is 7.10. The van der Waals surface area contributed by atoms with Gasteiger partial charge in [0.1, 0.15) is 10.7 Å². The van der Waals surface area contributed by atoms with Crippen LogP contribution in [-0.4, -0.2) is 31.9 Å². The van der Waals surface area contributed by atoms with Crippen LogP contribution in [0.2, 0.25) is 5.02 Å². The first kappa shape index (κ1) is 22.9. The van der Waals surface area contributed by atoms with E-state index in [1.807, 2.05) is 0 Å². The Hall–Kier alpha value is -2.36. The van der Waals surface area contributed by atoms with Gasteiger partial charge in [-0.25, -0.2) is 17.9 Å². The number of halogens is 1. The number of rotatable bonds is 7. The number of hydrogen-bond donors (Lipinski definition) is 2. The topological polar surface area (TPSA) is 115 Å². The predicted octanol–water partition coefficient (Wildman–Crippen LogP) is 2.87. The zero-order valence-electron chi connectivity index (χ0n) is 16.5. The number of carbonyl (C=O) groups excluding carboxylic acids is 2. The maximum Gasteiger partial charge on any atom is 0.338 e. The molecule has 0 saturated carbocycles. The number of amides is 1. The zero-order valence-corrected chi connectivity index (χ0v) is 18.1. The summed E-state index contributed by atoms with van der Waals surface area (Å²) in [4.78, 5) is 24.2. The molecule has 1 amide bonds. The van der Waals surface area contributed by atoms with Crippen molar-refractivity contribution < 1.29 is 27.2 Å². The highest BCUT2D eigenvalue weighted by Crippen LogP contribution is 2.24. The van der Waals surface area contributed by atoms with Gasteiger partial charge >= 0.3 is 5.97 Å². The molecule has 0 bridgehead atoms. The molecule has 1 atom stereocenters. The Bertz CT molecular complexity index is 981. The van der Waals surface area contributed by atoms with Crippen LogP contribution in [0.3, 0.4) is 0 Å². The summed E-state index contributed by atoms with van der Waals surface area (Å²) in [5, 5.41) is 2.54. The molecule has 8 nitrogen and oxygen atoms in total. The van der Waals surface area contributed by atoms with E-state index in [2.05, 4.69) is 10.0 Å². The van der Waals surface area contributed by atoms with E-state index in [0.29, 0.717) is 5.76 Å². The summed E-state index contributed by atoms with van der Waals surface area (Å²) in [7, 11) is -3.96. The molecule has 1 aromatic heterocycles. The molecule has 158 valence electrons. The normalized spacial score (nSPS) is 13.0. The van der Waals surface area contributed by atoms with Gasteiger partial charge in [0.2, 0.25) is 10.0 Å². The van der Waals surface area contributed by atoms with Crippen LogP contribution >= 0.6 is 11.6 Å². The molecule has 2 aromatic rings. The van der Waals surface area contributed by atoms with Crippen LogP contribution < -0.4 is 10.0 Å². The molecule has 0 aliphatic rings. The molecule has 0 radical (unpaired) electrons. The Morgan fingerprint density at radius 1 is 1.24 bits per heavy atom. The highest BCUT2D eigenvalue weighted by Gasteiger charge is 2.26. The molecular weight excluding hydrogens is 420 g/mol. The number of hydrogen-bond acceptors (Lipinski definition) is 6. The number of furan rings is 1. The lowest BCUT2D eigenvalue weighted by Gasteiger charge is -2.21. The molecule has 2 N–H and O–H groups in total. The van der Waals surface area contributed by atoms with Crippen LogP contribution in [0.1, 0.15) is 43.8 Å². The average molecular weight is 443 g/mol. The van der Waals surface area contributed by atoms with Crippen molar-refractivity contribution in [3.63, 3.8) is 0 Å². The van der Waals surface area contributed by atoms with Crippen molar-refractivity contribution in [2.24, 2.45) is 0 Å². The summed E-state index contributed by atoms with van der Waals surface area (Å²) < 4.78 is 37.8. The summed E-state index contributed by atoms with van der Waals surface area (Å²) in [6, 6.07) is 7.11. The fourth-order valence-electron chi connectivity index (χ4n) is 2.31. The molecule has 2 rings (SSSR count). The van der Waals surface area contributed by atoms with Crippen molar-refractivity contribution in [3.8, 4) is 0 Å². The standard InChI is InChI=1S/C19H23ClN2O6S/c1-12(17(23)21-11-14-6-5-9-27-14)28-18(24)13-7-8-15(20)16(10-13)29(25,26)22-19(2,3)4/h5-10,12,22H,11H2,1-4H3,(H,21,23). The lowest BCUT2D eigenvalue weighted by atomic mass is 10.1.